The van der Waals surface area contributed by atoms with E-state index >= 15 is 0 Å². The molecule has 3 heterocycles. The minimum Gasteiger partial charge on any atom is -0.493 e. The van der Waals surface area contributed by atoms with E-state index < -0.39 is 0 Å². The van der Waals surface area contributed by atoms with Crippen molar-refractivity contribution in [1.82, 2.24) is 9.97 Å². The van der Waals surface area contributed by atoms with Gasteiger partial charge in [0.1, 0.15) is 4.83 Å². The van der Waals surface area contributed by atoms with E-state index in [1.165, 1.54) is 17.8 Å². The van der Waals surface area contributed by atoms with E-state index in [1.807, 2.05) is 11.4 Å². The maximum atomic E-state index is 9.72. The SMILES string of the molecule is C[C@H]1CCN1c1nc(O)c2ccsc2n1. The van der Waals surface area contributed by atoms with Gasteiger partial charge in [-0.05, 0) is 24.8 Å². The zero-order chi connectivity index (χ0) is 10.4. The van der Waals surface area contributed by atoms with Gasteiger partial charge < -0.3 is 10.0 Å². The number of fused-ring (bicyclic) bond motifs is 1. The predicted octanol–water partition coefficient (Wildman–Crippen LogP) is 2.00. The average Bonchev–Trinajstić information content (AvgIpc) is 2.64. The molecule has 0 amide bonds. The summed E-state index contributed by atoms with van der Waals surface area (Å²) in [6.45, 7) is 3.13. The molecular weight excluding hydrogens is 210 g/mol. The molecule has 1 saturated heterocycles. The first-order chi connectivity index (χ1) is 7.25. The fourth-order valence-electron chi connectivity index (χ4n) is 1.77. The van der Waals surface area contributed by atoms with Gasteiger partial charge in [-0.3, -0.25) is 0 Å². The fraction of sp³-hybridized carbons (Fsp3) is 0.400. The summed E-state index contributed by atoms with van der Waals surface area (Å²) < 4.78 is 0. The quantitative estimate of drug-likeness (QED) is 0.800. The molecule has 2 aromatic heterocycles. The van der Waals surface area contributed by atoms with Crippen LogP contribution < -0.4 is 4.90 Å². The molecule has 1 N–H and O–H groups in total. The van der Waals surface area contributed by atoms with Crippen molar-refractivity contribution in [3.05, 3.63) is 11.4 Å². The highest BCUT2D eigenvalue weighted by atomic mass is 32.1. The molecule has 1 atom stereocenters. The van der Waals surface area contributed by atoms with E-state index in [1.54, 1.807) is 0 Å². The Kier molecular flexibility index (Phi) is 1.82. The smallest absolute Gasteiger partial charge is 0.230 e. The van der Waals surface area contributed by atoms with Crippen molar-refractivity contribution in [1.29, 1.82) is 0 Å². The molecule has 0 aliphatic carbocycles. The second kappa shape index (κ2) is 3.06. The Morgan fingerprint density at radius 2 is 2.40 bits per heavy atom. The zero-order valence-corrected chi connectivity index (χ0v) is 9.16. The van der Waals surface area contributed by atoms with Gasteiger partial charge in [-0.25, -0.2) is 4.98 Å². The number of aromatic hydroxyl groups is 1. The van der Waals surface area contributed by atoms with E-state index in [-0.39, 0.29) is 5.88 Å². The molecular formula is C10H11N3OS. The number of nitrogens with zero attached hydrogens (tertiary/aromatic N) is 3. The number of hydrogen-bond donors (Lipinski definition) is 1. The third-order valence-electron chi connectivity index (χ3n) is 2.87. The molecule has 0 unspecified atom stereocenters. The third-order valence-corrected chi connectivity index (χ3v) is 3.68. The van der Waals surface area contributed by atoms with E-state index in [2.05, 4.69) is 21.8 Å². The Morgan fingerprint density at radius 1 is 1.53 bits per heavy atom. The van der Waals surface area contributed by atoms with E-state index in [0.717, 1.165) is 16.8 Å². The van der Waals surface area contributed by atoms with Gasteiger partial charge in [-0.15, -0.1) is 11.3 Å². The van der Waals surface area contributed by atoms with E-state index in [4.69, 9.17) is 0 Å². The molecule has 0 spiro atoms. The van der Waals surface area contributed by atoms with Crippen molar-refractivity contribution < 1.29 is 5.11 Å². The Balaban J connectivity index is 2.11. The van der Waals surface area contributed by atoms with Gasteiger partial charge in [0.15, 0.2) is 0 Å². The highest BCUT2D eigenvalue weighted by Crippen LogP contribution is 2.31. The second-order valence-corrected chi connectivity index (χ2v) is 4.71. The van der Waals surface area contributed by atoms with Gasteiger partial charge >= 0.3 is 0 Å². The minimum atomic E-state index is 0.0929. The summed E-state index contributed by atoms with van der Waals surface area (Å²) >= 11 is 1.53. The van der Waals surface area contributed by atoms with Crippen molar-refractivity contribution in [3.63, 3.8) is 0 Å². The lowest BCUT2D eigenvalue weighted by Crippen LogP contribution is -2.46. The first-order valence-corrected chi connectivity index (χ1v) is 5.84. The summed E-state index contributed by atoms with van der Waals surface area (Å²) in [4.78, 5) is 11.5. The molecule has 4 nitrogen and oxygen atoms in total. The highest BCUT2D eigenvalue weighted by molar-refractivity contribution is 7.16. The lowest BCUT2D eigenvalue weighted by molar-refractivity contribution is 0.444. The standard InChI is InChI=1S/C10H11N3OS/c1-6-2-4-13(6)10-11-8(14)7-3-5-15-9(7)12-10/h3,5-6H,2,4H2,1H3,(H,11,12,14)/t6-/m0/s1. The molecule has 2 aromatic rings. The van der Waals surface area contributed by atoms with E-state index in [0.29, 0.717) is 12.0 Å². The number of rotatable bonds is 1. The van der Waals surface area contributed by atoms with Crippen LogP contribution in [0.5, 0.6) is 5.88 Å². The molecule has 3 rings (SSSR count). The van der Waals surface area contributed by atoms with Crippen molar-refractivity contribution in [3.8, 4) is 5.88 Å². The summed E-state index contributed by atoms with van der Waals surface area (Å²) in [5.74, 6) is 0.747. The van der Waals surface area contributed by atoms with Crippen LogP contribution in [0.4, 0.5) is 5.95 Å². The first-order valence-electron chi connectivity index (χ1n) is 4.96. The number of aromatic nitrogens is 2. The summed E-state index contributed by atoms with van der Waals surface area (Å²) in [7, 11) is 0. The maximum absolute atomic E-state index is 9.72. The van der Waals surface area contributed by atoms with Crippen LogP contribution in [0, 0.1) is 0 Å². The monoisotopic (exact) mass is 221 g/mol. The fourth-order valence-corrected chi connectivity index (χ4v) is 2.52. The van der Waals surface area contributed by atoms with Gasteiger partial charge in [-0.2, -0.15) is 4.98 Å². The van der Waals surface area contributed by atoms with Crippen molar-refractivity contribution in [2.45, 2.75) is 19.4 Å². The van der Waals surface area contributed by atoms with Gasteiger partial charge in [0.25, 0.3) is 0 Å². The summed E-state index contributed by atoms with van der Waals surface area (Å²) in [5.41, 5.74) is 0. The van der Waals surface area contributed by atoms with Crippen LogP contribution in [-0.2, 0) is 0 Å². The largest absolute Gasteiger partial charge is 0.493 e. The van der Waals surface area contributed by atoms with Crippen molar-refractivity contribution in [2.75, 3.05) is 11.4 Å². The van der Waals surface area contributed by atoms with Crippen LogP contribution in [0.15, 0.2) is 11.4 Å². The molecule has 1 fully saturated rings. The predicted molar refractivity (Wildman–Crippen MR) is 60.5 cm³/mol. The lowest BCUT2D eigenvalue weighted by atomic mass is 10.1. The molecule has 0 aromatic carbocycles. The summed E-state index contributed by atoms with van der Waals surface area (Å²) in [6.07, 6.45) is 1.17. The van der Waals surface area contributed by atoms with Crippen LogP contribution in [0.25, 0.3) is 10.2 Å². The molecule has 78 valence electrons. The minimum absolute atomic E-state index is 0.0929. The molecule has 1 aliphatic heterocycles. The van der Waals surface area contributed by atoms with Gasteiger partial charge in [-0.1, -0.05) is 0 Å². The van der Waals surface area contributed by atoms with E-state index in [9.17, 15) is 5.11 Å². The maximum Gasteiger partial charge on any atom is 0.230 e. The van der Waals surface area contributed by atoms with Crippen molar-refractivity contribution in [2.24, 2.45) is 0 Å². The Bertz CT molecular complexity index is 510. The Hall–Kier alpha value is -1.36. The molecule has 0 bridgehead atoms. The average molecular weight is 221 g/mol. The lowest BCUT2D eigenvalue weighted by Gasteiger charge is -2.38. The third kappa shape index (κ3) is 1.26. The molecule has 1 aliphatic rings. The summed E-state index contributed by atoms with van der Waals surface area (Å²) in [6, 6.07) is 2.33. The highest BCUT2D eigenvalue weighted by Gasteiger charge is 2.26. The van der Waals surface area contributed by atoms with Crippen LogP contribution in [0.1, 0.15) is 13.3 Å². The summed E-state index contributed by atoms with van der Waals surface area (Å²) in [5, 5.41) is 12.4. The molecule has 15 heavy (non-hydrogen) atoms. The zero-order valence-electron chi connectivity index (χ0n) is 8.34. The van der Waals surface area contributed by atoms with Crippen LogP contribution in [0.2, 0.25) is 0 Å². The molecule has 0 radical (unpaired) electrons. The van der Waals surface area contributed by atoms with Gasteiger partial charge in [0.05, 0.1) is 5.39 Å². The Labute approximate surface area is 91.2 Å². The van der Waals surface area contributed by atoms with Gasteiger partial charge in [0.2, 0.25) is 11.8 Å². The molecule has 0 saturated carbocycles. The Morgan fingerprint density at radius 3 is 3.07 bits per heavy atom. The van der Waals surface area contributed by atoms with Crippen LogP contribution in [-0.4, -0.2) is 27.7 Å². The molecule has 5 heteroatoms. The van der Waals surface area contributed by atoms with Crippen molar-refractivity contribution >= 4 is 27.5 Å². The van der Waals surface area contributed by atoms with Gasteiger partial charge in [0, 0.05) is 12.6 Å². The topological polar surface area (TPSA) is 49.2 Å². The van der Waals surface area contributed by atoms with Crippen LogP contribution in [0.3, 0.4) is 0 Å². The van der Waals surface area contributed by atoms with Crippen LogP contribution >= 0.6 is 11.3 Å². The second-order valence-electron chi connectivity index (χ2n) is 3.82. The normalized spacial score (nSPS) is 20.6. The number of anilines is 1. The number of hydrogen-bond acceptors (Lipinski definition) is 5. The first kappa shape index (κ1) is 8.91. The number of thiophene rings is 1.